The second-order valence-electron chi connectivity index (χ2n) is 7.30. The van der Waals surface area contributed by atoms with Crippen molar-refractivity contribution in [1.29, 1.82) is 0 Å². The minimum atomic E-state index is -0.455. The lowest BCUT2D eigenvalue weighted by Crippen LogP contribution is -2.25. The van der Waals surface area contributed by atoms with E-state index in [9.17, 15) is 14.0 Å². The minimum Gasteiger partial charge on any atom is -0.349 e. The topological polar surface area (TPSA) is 71.1 Å². The normalized spacial score (nSPS) is 13.0. The molecule has 0 aliphatic heterocycles. The van der Waals surface area contributed by atoms with Crippen molar-refractivity contribution < 1.29 is 14.0 Å². The zero-order chi connectivity index (χ0) is 20.3. The standard InChI is InChI=1S/C22H24FN3O2/c1-13(2)8-9-24-21(27)15-4-7-20(25-12-15)18-10-16(11-19(23)14(18)3)22(28)26-17-5-6-17/h4,7-8,10-12,17H,5-6,9H2,1-3H3,(H,24,27)(H,26,28). The number of amides is 2. The first-order valence-electron chi connectivity index (χ1n) is 9.34. The molecule has 0 spiro atoms. The number of carbonyl (C=O) groups excluding carboxylic acids is 2. The van der Waals surface area contributed by atoms with Crippen LogP contribution in [0.5, 0.6) is 0 Å². The van der Waals surface area contributed by atoms with Crippen LogP contribution in [0.15, 0.2) is 42.1 Å². The van der Waals surface area contributed by atoms with Crippen LogP contribution < -0.4 is 10.6 Å². The zero-order valence-corrected chi connectivity index (χ0v) is 16.3. The molecule has 0 radical (unpaired) electrons. The SMILES string of the molecule is CC(C)=CCNC(=O)c1ccc(-c2cc(C(=O)NC3CC3)cc(F)c2C)nc1. The van der Waals surface area contributed by atoms with Gasteiger partial charge in [-0.2, -0.15) is 0 Å². The first-order valence-corrected chi connectivity index (χ1v) is 9.34. The largest absolute Gasteiger partial charge is 0.349 e. The zero-order valence-electron chi connectivity index (χ0n) is 16.3. The lowest BCUT2D eigenvalue weighted by Gasteiger charge is -2.11. The molecular weight excluding hydrogens is 357 g/mol. The lowest BCUT2D eigenvalue weighted by molar-refractivity contribution is 0.0945. The summed E-state index contributed by atoms with van der Waals surface area (Å²) in [7, 11) is 0. The summed E-state index contributed by atoms with van der Waals surface area (Å²) in [6, 6.07) is 6.41. The van der Waals surface area contributed by atoms with Gasteiger partial charge in [0, 0.05) is 29.9 Å². The molecule has 1 aliphatic rings. The third-order valence-electron chi connectivity index (χ3n) is 4.59. The van der Waals surface area contributed by atoms with Crippen LogP contribution in [-0.2, 0) is 0 Å². The fraction of sp³-hybridized carbons (Fsp3) is 0.318. The molecule has 5 nitrogen and oxygen atoms in total. The van der Waals surface area contributed by atoms with Crippen LogP contribution in [0.3, 0.4) is 0 Å². The van der Waals surface area contributed by atoms with E-state index in [2.05, 4.69) is 15.6 Å². The van der Waals surface area contributed by atoms with Gasteiger partial charge in [0.05, 0.1) is 11.3 Å². The Morgan fingerprint density at radius 3 is 2.54 bits per heavy atom. The van der Waals surface area contributed by atoms with Gasteiger partial charge in [0.1, 0.15) is 5.82 Å². The van der Waals surface area contributed by atoms with E-state index < -0.39 is 5.82 Å². The van der Waals surface area contributed by atoms with Crippen LogP contribution in [-0.4, -0.2) is 29.4 Å². The van der Waals surface area contributed by atoms with E-state index in [0.717, 1.165) is 18.4 Å². The quantitative estimate of drug-likeness (QED) is 0.748. The molecule has 0 unspecified atom stereocenters. The summed E-state index contributed by atoms with van der Waals surface area (Å²) < 4.78 is 14.4. The highest BCUT2D eigenvalue weighted by atomic mass is 19.1. The van der Waals surface area contributed by atoms with Gasteiger partial charge in [-0.3, -0.25) is 14.6 Å². The van der Waals surface area contributed by atoms with E-state index >= 15 is 0 Å². The number of benzene rings is 1. The molecule has 1 aromatic heterocycles. The van der Waals surface area contributed by atoms with Crippen molar-refractivity contribution in [3.8, 4) is 11.3 Å². The van der Waals surface area contributed by atoms with E-state index in [1.807, 2.05) is 19.9 Å². The van der Waals surface area contributed by atoms with Crippen LogP contribution in [0.2, 0.25) is 0 Å². The number of pyridine rings is 1. The van der Waals surface area contributed by atoms with Gasteiger partial charge < -0.3 is 10.6 Å². The van der Waals surface area contributed by atoms with Gasteiger partial charge in [-0.05, 0) is 63.4 Å². The highest BCUT2D eigenvalue weighted by Crippen LogP contribution is 2.26. The molecule has 2 N–H and O–H groups in total. The van der Waals surface area contributed by atoms with Crippen LogP contribution in [0, 0.1) is 12.7 Å². The molecule has 1 aliphatic carbocycles. The predicted molar refractivity (Wildman–Crippen MR) is 107 cm³/mol. The van der Waals surface area contributed by atoms with Crippen LogP contribution in [0.4, 0.5) is 4.39 Å². The summed E-state index contributed by atoms with van der Waals surface area (Å²) >= 11 is 0. The third-order valence-corrected chi connectivity index (χ3v) is 4.59. The minimum absolute atomic E-state index is 0.197. The highest BCUT2D eigenvalue weighted by molar-refractivity contribution is 5.96. The van der Waals surface area contributed by atoms with Crippen LogP contribution in [0.1, 0.15) is 53.0 Å². The molecule has 0 bridgehead atoms. The average molecular weight is 381 g/mol. The van der Waals surface area contributed by atoms with Gasteiger partial charge in [-0.15, -0.1) is 0 Å². The number of rotatable bonds is 6. The molecule has 1 saturated carbocycles. The number of halogens is 1. The lowest BCUT2D eigenvalue weighted by atomic mass is 10.00. The van der Waals surface area contributed by atoms with Crippen LogP contribution >= 0.6 is 0 Å². The monoisotopic (exact) mass is 381 g/mol. The fourth-order valence-corrected chi connectivity index (χ4v) is 2.71. The maximum atomic E-state index is 14.4. The highest BCUT2D eigenvalue weighted by Gasteiger charge is 2.24. The fourth-order valence-electron chi connectivity index (χ4n) is 2.71. The van der Waals surface area contributed by atoms with E-state index in [-0.39, 0.29) is 23.4 Å². The number of hydrogen-bond acceptors (Lipinski definition) is 3. The van der Waals surface area contributed by atoms with Crippen molar-refractivity contribution >= 4 is 11.8 Å². The molecule has 1 heterocycles. The van der Waals surface area contributed by atoms with Crippen molar-refractivity contribution in [1.82, 2.24) is 15.6 Å². The second-order valence-corrected chi connectivity index (χ2v) is 7.30. The molecule has 6 heteroatoms. The third kappa shape index (κ3) is 4.82. The number of allylic oxidation sites excluding steroid dienone is 1. The maximum Gasteiger partial charge on any atom is 0.253 e. The molecule has 1 aromatic carbocycles. The Morgan fingerprint density at radius 1 is 1.18 bits per heavy atom. The second kappa shape index (κ2) is 8.33. The number of nitrogens with one attached hydrogen (secondary N) is 2. The molecule has 2 aromatic rings. The summed E-state index contributed by atoms with van der Waals surface area (Å²) in [5, 5.41) is 5.65. The van der Waals surface area contributed by atoms with Crippen molar-refractivity contribution in [3.63, 3.8) is 0 Å². The van der Waals surface area contributed by atoms with Crippen molar-refractivity contribution in [2.24, 2.45) is 0 Å². The summed E-state index contributed by atoms with van der Waals surface area (Å²) in [5.41, 5.74) is 3.28. The molecule has 3 rings (SSSR count). The Labute approximate surface area is 164 Å². The van der Waals surface area contributed by atoms with Crippen LogP contribution in [0.25, 0.3) is 11.3 Å². The predicted octanol–water partition coefficient (Wildman–Crippen LogP) is 3.78. The maximum absolute atomic E-state index is 14.4. The summed E-state index contributed by atoms with van der Waals surface area (Å²) in [6.07, 6.45) is 5.31. The molecule has 1 fully saturated rings. The van der Waals surface area contributed by atoms with E-state index in [1.54, 1.807) is 25.1 Å². The molecule has 2 amide bonds. The van der Waals surface area contributed by atoms with Gasteiger partial charge in [0.2, 0.25) is 0 Å². The number of nitrogens with zero attached hydrogens (tertiary/aromatic N) is 1. The molecular formula is C22H24FN3O2. The summed E-state index contributed by atoms with van der Waals surface area (Å²) in [6.45, 7) is 6.02. The van der Waals surface area contributed by atoms with Gasteiger partial charge in [0.25, 0.3) is 11.8 Å². The average Bonchev–Trinajstić information content (AvgIpc) is 3.47. The Balaban J connectivity index is 1.80. The molecule has 0 saturated heterocycles. The summed E-state index contributed by atoms with van der Waals surface area (Å²) in [5.74, 6) is -0.960. The van der Waals surface area contributed by atoms with E-state index in [4.69, 9.17) is 0 Å². The van der Waals surface area contributed by atoms with E-state index in [1.165, 1.54) is 12.3 Å². The van der Waals surface area contributed by atoms with Gasteiger partial charge >= 0.3 is 0 Å². The number of hydrogen-bond donors (Lipinski definition) is 2. The molecule has 146 valence electrons. The Kier molecular flexibility index (Phi) is 5.87. The molecule has 28 heavy (non-hydrogen) atoms. The van der Waals surface area contributed by atoms with Crippen molar-refractivity contribution in [2.75, 3.05) is 6.54 Å². The summed E-state index contributed by atoms with van der Waals surface area (Å²) in [4.78, 5) is 28.7. The smallest absolute Gasteiger partial charge is 0.253 e. The van der Waals surface area contributed by atoms with E-state index in [0.29, 0.717) is 28.9 Å². The first-order chi connectivity index (χ1) is 13.3. The van der Waals surface area contributed by atoms with Gasteiger partial charge in [-0.1, -0.05) is 11.6 Å². The van der Waals surface area contributed by atoms with Crippen molar-refractivity contribution in [2.45, 2.75) is 39.7 Å². The van der Waals surface area contributed by atoms with Gasteiger partial charge in [0.15, 0.2) is 0 Å². The molecule has 0 atom stereocenters. The number of carbonyl (C=O) groups is 2. The Hall–Kier alpha value is -3.02. The first kappa shape index (κ1) is 19.7. The number of aromatic nitrogens is 1. The van der Waals surface area contributed by atoms with Crippen molar-refractivity contribution in [3.05, 3.63) is 64.6 Å². The Bertz CT molecular complexity index is 928. The Morgan fingerprint density at radius 2 is 1.93 bits per heavy atom. The van der Waals surface area contributed by atoms with Gasteiger partial charge in [-0.25, -0.2) is 4.39 Å².